The zero-order chi connectivity index (χ0) is 26.1. The van der Waals surface area contributed by atoms with Crippen LogP contribution >= 0.6 is 0 Å². The van der Waals surface area contributed by atoms with Crippen LogP contribution in [0.3, 0.4) is 0 Å². The zero-order valence-corrected chi connectivity index (χ0v) is 20.5. The number of phenolic OH excluding ortho intramolecular Hbond substituents is 1. The van der Waals surface area contributed by atoms with E-state index in [9.17, 15) is 34.2 Å². The Morgan fingerprint density at radius 2 is 1.77 bits per heavy atom. The van der Waals surface area contributed by atoms with Crippen molar-refractivity contribution in [1.82, 2.24) is 4.90 Å². The molecule has 0 aromatic heterocycles. The average molecular weight is 486 g/mol. The summed E-state index contributed by atoms with van der Waals surface area (Å²) >= 11 is 0. The number of aryl methyl sites for hydroxylation is 1. The Balaban J connectivity index is 1.91. The van der Waals surface area contributed by atoms with Crippen molar-refractivity contribution in [2.45, 2.75) is 37.8 Å². The molecule has 35 heavy (non-hydrogen) atoms. The van der Waals surface area contributed by atoms with E-state index >= 15 is 0 Å². The Kier molecular flexibility index (Phi) is 5.88. The number of hydrogen-bond donors (Lipinski definition) is 3. The van der Waals surface area contributed by atoms with Crippen LogP contribution in [0.2, 0.25) is 0 Å². The van der Waals surface area contributed by atoms with E-state index in [2.05, 4.69) is 0 Å². The molecule has 10 heteroatoms. The molecule has 3 aliphatic carbocycles. The lowest BCUT2D eigenvalue weighted by atomic mass is 9.52. The molecule has 0 bridgehead atoms. The molecule has 4 N–H and O–H groups in total. The molecule has 0 heterocycles. The van der Waals surface area contributed by atoms with Gasteiger partial charge in [0, 0.05) is 25.7 Å². The number of ketones is 4. The quantitative estimate of drug-likeness (QED) is 0.478. The second kappa shape index (κ2) is 8.23. The molecule has 6 atom stereocenters. The minimum atomic E-state index is -2.71. The second-order valence-electron chi connectivity index (χ2n) is 10.3. The summed E-state index contributed by atoms with van der Waals surface area (Å²) in [5.41, 5.74) is 4.53. The normalized spacial score (nSPS) is 32.3. The first-order valence-electron chi connectivity index (χ1n) is 11.7. The van der Waals surface area contributed by atoms with Crippen molar-refractivity contribution in [2.24, 2.45) is 29.4 Å². The van der Waals surface area contributed by atoms with Crippen molar-refractivity contribution >= 4 is 34.7 Å². The number of nitrogens with zero attached hydrogens (tertiary/aromatic N) is 2. The number of Topliss-reactive ketones (excluding diaryl/α,β-unsaturated/α-hetero) is 4. The van der Waals surface area contributed by atoms with Crippen LogP contribution in [-0.2, 0) is 32.0 Å². The fourth-order valence-electron chi connectivity index (χ4n) is 6.37. The fraction of sp³-hybridized carbons (Fsp3) is 0.560. The number of carbonyl (C=O) groups is 5. The second-order valence-corrected chi connectivity index (χ2v) is 10.3. The van der Waals surface area contributed by atoms with E-state index in [4.69, 9.17) is 5.73 Å². The summed E-state index contributed by atoms with van der Waals surface area (Å²) in [6, 6.07) is 0.706. The highest BCUT2D eigenvalue weighted by molar-refractivity contribution is 6.32. The van der Waals surface area contributed by atoms with Crippen LogP contribution in [0.4, 0.5) is 5.69 Å². The van der Waals surface area contributed by atoms with Crippen molar-refractivity contribution in [3.63, 3.8) is 0 Å². The molecule has 188 valence electrons. The molecule has 0 radical (unpaired) electrons. The van der Waals surface area contributed by atoms with E-state index in [-0.39, 0.29) is 24.2 Å². The van der Waals surface area contributed by atoms with E-state index in [0.29, 0.717) is 17.5 Å². The number of hydrogen-bond acceptors (Lipinski definition) is 9. The highest BCUT2D eigenvalue weighted by atomic mass is 16.3. The molecule has 0 spiro atoms. The Bertz CT molecular complexity index is 1170. The molecule has 2 fully saturated rings. The van der Waals surface area contributed by atoms with E-state index in [1.807, 2.05) is 32.0 Å². The van der Waals surface area contributed by atoms with Crippen LogP contribution in [0, 0.1) is 23.7 Å². The van der Waals surface area contributed by atoms with Gasteiger partial charge in [-0.05, 0) is 56.5 Å². The first kappa shape index (κ1) is 25.0. The molecule has 0 saturated heterocycles. The molecule has 2 saturated carbocycles. The fourth-order valence-corrected chi connectivity index (χ4v) is 6.37. The summed E-state index contributed by atoms with van der Waals surface area (Å²) in [5.74, 6) is -10.2. The topological polar surface area (TPSA) is 158 Å². The maximum atomic E-state index is 13.8. The maximum Gasteiger partial charge on any atom is 0.235 e. The molecule has 0 aliphatic heterocycles. The van der Waals surface area contributed by atoms with Crippen molar-refractivity contribution in [1.29, 1.82) is 0 Å². The third-order valence-corrected chi connectivity index (χ3v) is 7.98. The number of primary amides is 1. The minimum absolute atomic E-state index is 0.0274. The number of aliphatic hydroxyl groups is 1. The molecular formula is C25H31N3O7. The Morgan fingerprint density at radius 3 is 2.29 bits per heavy atom. The van der Waals surface area contributed by atoms with Crippen LogP contribution < -0.4 is 10.6 Å². The monoisotopic (exact) mass is 485 g/mol. The number of nitrogens with two attached hydrogens (primary N) is 1. The van der Waals surface area contributed by atoms with Crippen molar-refractivity contribution in [3.8, 4) is 5.75 Å². The van der Waals surface area contributed by atoms with Gasteiger partial charge in [0.25, 0.3) is 0 Å². The van der Waals surface area contributed by atoms with E-state index < -0.39 is 64.4 Å². The number of amides is 1. The zero-order valence-electron chi connectivity index (χ0n) is 20.5. The van der Waals surface area contributed by atoms with Gasteiger partial charge in [-0.15, -0.1) is 0 Å². The largest absolute Gasteiger partial charge is 0.507 e. The van der Waals surface area contributed by atoms with Gasteiger partial charge in [0.1, 0.15) is 5.75 Å². The van der Waals surface area contributed by atoms with Gasteiger partial charge >= 0.3 is 0 Å². The predicted octanol–water partition coefficient (Wildman–Crippen LogP) is -0.505. The van der Waals surface area contributed by atoms with Gasteiger partial charge in [0.15, 0.2) is 34.7 Å². The molecular weight excluding hydrogens is 454 g/mol. The molecule has 4 rings (SSSR count). The lowest BCUT2D eigenvalue weighted by Gasteiger charge is -2.52. The number of carbonyl (C=O) groups excluding carboxylic acids is 5. The Hall–Kier alpha value is -3.11. The third-order valence-electron chi connectivity index (χ3n) is 7.98. The maximum absolute atomic E-state index is 13.8. The van der Waals surface area contributed by atoms with Gasteiger partial charge in [-0.3, -0.25) is 28.9 Å². The number of likely N-dealkylation sites (N-methyl/N-ethyl adjacent to an activating group) is 1. The number of rotatable bonds is 4. The van der Waals surface area contributed by atoms with Gasteiger partial charge in [-0.2, -0.15) is 0 Å². The first-order valence-corrected chi connectivity index (χ1v) is 11.7. The van der Waals surface area contributed by atoms with Gasteiger partial charge in [0.2, 0.25) is 5.91 Å². The standard InChI is InChI=1S/C25H31N3O7/c1-6-10-9-14(27(2)3)12-7-11-8-13-18(28(4)5)21(31)17(24(26)34)23(33)25(13,35)22(32)15(11)20(30)16(12)19(10)29/h9,11,13,15,17-18,29,35H,6-8H2,1-5H3,(H2,26,34)/t11-,13-,15?,17?,18?,25-/m1/s1. The minimum Gasteiger partial charge on any atom is -0.507 e. The van der Waals surface area contributed by atoms with Crippen LogP contribution in [0.25, 0.3) is 0 Å². The molecule has 1 aromatic rings. The van der Waals surface area contributed by atoms with Crippen molar-refractivity contribution in [2.75, 3.05) is 33.1 Å². The molecule has 3 aliphatic rings. The van der Waals surface area contributed by atoms with E-state index in [0.717, 1.165) is 5.69 Å². The van der Waals surface area contributed by atoms with Crippen molar-refractivity contribution < 1.29 is 34.2 Å². The van der Waals surface area contributed by atoms with Gasteiger partial charge in [-0.25, -0.2) is 0 Å². The number of anilines is 1. The smallest absolute Gasteiger partial charge is 0.235 e. The van der Waals surface area contributed by atoms with Crippen LogP contribution in [0.5, 0.6) is 5.75 Å². The SMILES string of the molecule is CCc1cc(N(C)C)c2c(c1O)C(=O)C1C(=O)[C@@]3(O)C(=O)C(C(N)=O)C(=O)C(N(C)C)[C@H]3C[C@H]1C2. The molecule has 3 unspecified atom stereocenters. The lowest BCUT2D eigenvalue weighted by Crippen LogP contribution is -2.74. The first-order chi connectivity index (χ1) is 16.3. The summed E-state index contributed by atoms with van der Waals surface area (Å²) in [6.07, 6.45) is 0.733. The van der Waals surface area contributed by atoms with Gasteiger partial charge < -0.3 is 20.8 Å². The summed E-state index contributed by atoms with van der Waals surface area (Å²) in [4.78, 5) is 69.3. The summed E-state index contributed by atoms with van der Waals surface area (Å²) in [6.45, 7) is 1.83. The van der Waals surface area contributed by atoms with Crippen molar-refractivity contribution in [3.05, 3.63) is 22.8 Å². The van der Waals surface area contributed by atoms with Crippen LogP contribution in [-0.4, -0.2) is 84.0 Å². The van der Waals surface area contributed by atoms with Crippen LogP contribution in [0.15, 0.2) is 6.07 Å². The van der Waals surface area contributed by atoms with Gasteiger partial charge in [-0.1, -0.05) is 6.92 Å². The summed E-state index contributed by atoms with van der Waals surface area (Å²) in [5, 5.41) is 22.5. The number of aromatic hydroxyl groups is 1. The Labute approximate surface area is 203 Å². The van der Waals surface area contributed by atoms with Gasteiger partial charge in [0.05, 0.1) is 17.5 Å². The highest BCUT2D eigenvalue weighted by Gasteiger charge is 2.69. The number of phenols is 1. The number of fused-ring (bicyclic) bond motifs is 3. The predicted molar refractivity (Wildman–Crippen MR) is 125 cm³/mol. The number of benzene rings is 1. The Morgan fingerprint density at radius 1 is 1.14 bits per heavy atom. The lowest BCUT2D eigenvalue weighted by molar-refractivity contribution is -0.181. The van der Waals surface area contributed by atoms with Crippen LogP contribution in [0.1, 0.15) is 34.8 Å². The molecule has 1 amide bonds. The van der Waals surface area contributed by atoms with E-state index in [1.165, 1.54) is 4.90 Å². The summed E-state index contributed by atoms with van der Waals surface area (Å²) in [7, 11) is 6.75. The van der Waals surface area contributed by atoms with E-state index in [1.54, 1.807) is 14.1 Å². The summed E-state index contributed by atoms with van der Waals surface area (Å²) < 4.78 is 0. The average Bonchev–Trinajstić information content (AvgIpc) is 2.75. The molecule has 10 nitrogen and oxygen atoms in total. The highest BCUT2D eigenvalue weighted by Crippen LogP contribution is 2.52. The third kappa shape index (κ3) is 3.26. The molecule has 1 aromatic carbocycles.